The third-order valence-electron chi connectivity index (χ3n) is 6.55. The van der Waals surface area contributed by atoms with E-state index in [1.54, 1.807) is 35.4 Å². The highest BCUT2D eigenvalue weighted by molar-refractivity contribution is 8.26. The van der Waals surface area contributed by atoms with E-state index in [0.29, 0.717) is 33.2 Å². The first-order valence-corrected chi connectivity index (χ1v) is 13.9. The summed E-state index contributed by atoms with van der Waals surface area (Å²) in [6.45, 7) is 5.03. The SMILES string of the molecule is CCCCC(CC)CN1C(=O)C(=Cc2c(NCC(O)c3ccccc3)nc3ccccn3c2=O)SC1=S. The zero-order valence-electron chi connectivity index (χ0n) is 21.1. The predicted molar refractivity (Wildman–Crippen MR) is 155 cm³/mol. The van der Waals surface area contributed by atoms with Crippen LogP contribution in [0.4, 0.5) is 5.82 Å². The van der Waals surface area contributed by atoms with Gasteiger partial charge < -0.3 is 10.4 Å². The molecule has 0 spiro atoms. The molecule has 4 rings (SSSR count). The van der Waals surface area contributed by atoms with Crippen molar-refractivity contribution in [1.82, 2.24) is 14.3 Å². The zero-order chi connectivity index (χ0) is 26.4. The Balaban J connectivity index is 1.65. The van der Waals surface area contributed by atoms with Crippen molar-refractivity contribution in [2.45, 2.75) is 45.6 Å². The average molecular weight is 537 g/mol. The summed E-state index contributed by atoms with van der Waals surface area (Å²) >= 11 is 6.76. The van der Waals surface area contributed by atoms with Crippen molar-refractivity contribution in [2.24, 2.45) is 5.92 Å². The molecule has 2 N–H and O–H groups in total. The molecular weight excluding hydrogens is 504 g/mol. The monoisotopic (exact) mass is 536 g/mol. The Morgan fingerprint density at radius 2 is 1.89 bits per heavy atom. The van der Waals surface area contributed by atoms with Crippen LogP contribution in [0.5, 0.6) is 0 Å². The van der Waals surface area contributed by atoms with Gasteiger partial charge in [0.15, 0.2) is 0 Å². The van der Waals surface area contributed by atoms with Crippen molar-refractivity contribution in [3.63, 3.8) is 0 Å². The van der Waals surface area contributed by atoms with Crippen LogP contribution >= 0.6 is 24.0 Å². The van der Waals surface area contributed by atoms with Crippen molar-refractivity contribution >= 4 is 51.7 Å². The first-order chi connectivity index (χ1) is 17.9. The Kier molecular flexibility index (Phi) is 9.13. The van der Waals surface area contributed by atoms with Gasteiger partial charge in [-0.05, 0) is 36.1 Å². The number of thioether (sulfide) groups is 1. The van der Waals surface area contributed by atoms with Gasteiger partial charge in [0.05, 0.1) is 16.6 Å². The first-order valence-electron chi connectivity index (χ1n) is 12.7. The van der Waals surface area contributed by atoms with Gasteiger partial charge in [0, 0.05) is 19.3 Å². The third-order valence-corrected chi connectivity index (χ3v) is 7.93. The Morgan fingerprint density at radius 1 is 1.14 bits per heavy atom. The van der Waals surface area contributed by atoms with Crippen LogP contribution in [-0.4, -0.2) is 42.7 Å². The van der Waals surface area contributed by atoms with Gasteiger partial charge in [-0.15, -0.1) is 0 Å². The summed E-state index contributed by atoms with van der Waals surface area (Å²) in [4.78, 5) is 33.5. The Bertz CT molecular complexity index is 1360. The molecule has 2 aromatic heterocycles. The third kappa shape index (κ3) is 6.29. The van der Waals surface area contributed by atoms with E-state index in [-0.39, 0.29) is 23.6 Å². The van der Waals surface area contributed by atoms with E-state index in [1.165, 1.54) is 16.2 Å². The second kappa shape index (κ2) is 12.5. The highest BCUT2D eigenvalue weighted by Crippen LogP contribution is 2.34. The number of benzene rings is 1. The highest BCUT2D eigenvalue weighted by atomic mass is 32.2. The second-order valence-corrected chi connectivity index (χ2v) is 10.8. The van der Waals surface area contributed by atoms with Crippen LogP contribution in [0.25, 0.3) is 11.7 Å². The minimum atomic E-state index is -0.794. The van der Waals surface area contributed by atoms with E-state index >= 15 is 0 Å². The molecule has 1 aliphatic heterocycles. The maximum absolute atomic E-state index is 13.5. The predicted octanol–water partition coefficient (Wildman–Crippen LogP) is 5.26. The molecule has 2 unspecified atom stereocenters. The van der Waals surface area contributed by atoms with Gasteiger partial charge in [0.2, 0.25) is 0 Å². The maximum atomic E-state index is 13.5. The number of carbonyl (C=O) groups is 1. The topological polar surface area (TPSA) is 86.9 Å². The molecule has 1 amide bonds. The Labute approximate surface area is 226 Å². The number of pyridine rings is 1. The first kappa shape index (κ1) is 27.0. The van der Waals surface area contributed by atoms with E-state index in [9.17, 15) is 14.7 Å². The van der Waals surface area contributed by atoms with Gasteiger partial charge in [-0.25, -0.2) is 4.98 Å². The molecule has 0 saturated carbocycles. The highest BCUT2D eigenvalue weighted by Gasteiger charge is 2.33. The number of fused-ring (bicyclic) bond motifs is 1. The molecule has 0 aliphatic carbocycles. The number of amides is 1. The van der Waals surface area contributed by atoms with Crippen molar-refractivity contribution in [2.75, 3.05) is 18.4 Å². The number of aromatic nitrogens is 2. The molecule has 2 atom stereocenters. The summed E-state index contributed by atoms with van der Waals surface area (Å²) in [7, 11) is 0. The van der Waals surface area contributed by atoms with Crippen molar-refractivity contribution in [3.05, 3.63) is 81.1 Å². The average Bonchev–Trinajstić information content (AvgIpc) is 3.18. The standard InChI is InChI=1S/C28H32N4O3S2/c1-3-5-11-19(4-2)18-32-27(35)23(37-28(32)36)16-21-25(29-17-22(33)20-12-7-6-8-13-20)30-24-14-9-10-15-31(24)26(21)34/h6-10,12-16,19,22,29,33H,3-5,11,17-18H2,1-2H3. The molecule has 9 heteroatoms. The van der Waals surface area contributed by atoms with Crippen LogP contribution in [0.2, 0.25) is 0 Å². The molecule has 37 heavy (non-hydrogen) atoms. The molecule has 1 fully saturated rings. The Hall–Kier alpha value is -3.01. The van der Waals surface area contributed by atoms with E-state index < -0.39 is 6.10 Å². The molecule has 3 aromatic rings. The molecule has 0 bridgehead atoms. The number of hydrogen-bond donors (Lipinski definition) is 2. The van der Waals surface area contributed by atoms with Crippen LogP contribution in [0.1, 0.15) is 56.8 Å². The number of carbonyl (C=O) groups excluding carboxylic acids is 1. The lowest BCUT2D eigenvalue weighted by atomic mass is 9.99. The van der Waals surface area contributed by atoms with Gasteiger partial charge in [0.25, 0.3) is 11.5 Å². The van der Waals surface area contributed by atoms with Crippen molar-refractivity contribution < 1.29 is 9.90 Å². The van der Waals surface area contributed by atoms with Gasteiger partial charge in [-0.1, -0.05) is 93.5 Å². The molecule has 7 nitrogen and oxygen atoms in total. The number of nitrogens with zero attached hydrogens (tertiary/aromatic N) is 3. The molecule has 1 aromatic carbocycles. The number of rotatable bonds is 11. The lowest BCUT2D eigenvalue weighted by Gasteiger charge is -2.21. The fraction of sp³-hybridized carbons (Fsp3) is 0.357. The van der Waals surface area contributed by atoms with Crippen LogP contribution in [-0.2, 0) is 4.79 Å². The molecular formula is C28H32N4O3S2. The summed E-state index contributed by atoms with van der Waals surface area (Å²) < 4.78 is 1.96. The van der Waals surface area contributed by atoms with E-state index in [2.05, 4.69) is 24.1 Å². The molecule has 194 valence electrons. The molecule has 3 heterocycles. The number of anilines is 1. The van der Waals surface area contributed by atoms with Gasteiger partial charge in [-0.2, -0.15) is 0 Å². The minimum absolute atomic E-state index is 0.150. The number of hydrogen-bond acceptors (Lipinski definition) is 7. The van der Waals surface area contributed by atoms with Crippen LogP contribution in [0, 0.1) is 5.92 Å². The lowest BCUT2D eigenvalue weighted by molar-refractivity contribution is -0.122. The molecule has 1 aliphatic rings. The fourth-order valence-electron chi connectivity index (χ4n) is 4.32. The van der Waals surface area contributed by atoms with Crippen LogP contribution in [0.15, 0.2) is 64.4 Å². The second-order valence-electron chi connectivity index (χ2n) is 9.12. The summed E-state index contributed by atoms with van der Waals surface area (Å²) in [6.07, 6.45) is 6.70. The summed E-state index contributed by atoms with van der Waals surface area (Å²) in [6, 6.07) is 14.6. The lowest BCUT2D eigenvalue weighted by Crippen LogP contribution is -2.33. The van der Waals surface area contributed by atoms with Crippen LogP contribution < -0.4 is 10.9 Å². The largest absolute Gasteiger partial charge is 0.387 e. The van der Waals surface area contributed by atoms with Gasteiger partial charge in [0.1, 0.15) is 15.8 Å². The van der Waals surface area contributed by atoms with Gasteiger partial charge >= 0.3 is 0 Å². The summed E-state index contributed by atoms with van der Waals surface area (Å²) in [5, 5.41) is 13.8. The smallest absolute Gasteiger partial charge is 0.267 e. The minimum Gasteiger partial charge on any atom is -0.387 e. The zero-order valence-corrected chi connectivity index (χ0v) is 22.7. The van der Waals surface area contributed by atoms with E-state index in [0.717, 1.165) is 31.2 Å². The number of unbranched alkanes of at least 4 members (excludes halogenated alkanes) is 1. The maximum Gasteiger partial charge on any atom is 0.267 e. The number of thiocarbonyl (C=S) groups is 1. The number of aliphatic hydroxyl groups is 1. The van der Waals surface area contributed by atoms with Gasteiger partial charge in [-0.3, -0.25) is 18.9 Å². The normalized spacial score (nSPS) is 16.5. The molecule has 0 radical (unpaired) electrons. The quantitative estimate of drug-likeness (QED) is 0.255. The van der Waals surface area contributed by atoms with Crippen molar-refractivity contribution in [3.8, 4) is 0 Å². The number of nitrogens with one attached hydrogen (secondary N) is 1. The van der Waals surface area contributed by atoms with E-state index in [1.807, 2.05) is 30.3 Å². The molecule has 1 saturated heterocycles. The Morgan fingerprint density at radius 3 is 2.62 bits per heavy atom. The summed E-state index contributed by atoms with van der Waals surface area (Å²) in [5.74, 6) is 0.509. The number of aliphatic hydroxyl groups excluding tert-OH is 1. The summed E-state index contributed by atoms with van der Waals surface area (Å²) in [5.41, 5.74) is 1.17. The van der Waals surface area contributed by atoms with E-state index in [4.69, 9.17) is 12.2 Å². The van der Waals surface area contributed by atoms with Crippen LogP contribution in [0.3, 0.4) is 0 Å². The fourth-order valence-corrected chi connectivity index (χ4v) is 5.57. The van der Waals surface area contributed by atoms with Crippen molar-refractivity contribution in [1.29, 1.82) is 0 Å².